The summed E-state index contributed by atoms with van der Waals surface area (Å²) in [6, 6.07) is 10.5. The topological polar surface area (TPSA) is 77.2 Å². The van der Waals surface area contributed by atoms with E-state index in [2.05, 4.69) is 10.3 Å². The molecule has 5 nitrogen and oxygen atoms in total. The van der Waals surface area contributed by atoms with Crippen molar-refractivity contribution in [2.75, 3.05) is 18.2 Å². The monoisotopic (exact) mass is 285 g/mol. The second-order valence-corrected chi connectivity index (χ2v) is 5.04. The molecule has 1 heterocycles. The summed E-state index contributed by atoms with van der Waals surface area (Å²) >= 11 is 0. The summed E-state index contributed by atoms with van der Waals surface area (Å²) in [6.45, 7) is 4.01. The molecule has 0 fully saturated rings. The first kappa shape index (κ1) is 14.8. The van der Waals surface area contributed by atoms with Crippen LogP contribution in [0.2, 0.25) is 0 Å². The molecule has 21 heavy (non-hydrogen) atoms. The minimum atomic E-state index is -0.212. The van der Waals surface area contributed by atoms with E-state index in [1.54, 1.807) is 43.5 Å². The molecule has 0 saturated carbocycles. The number of nitrogens with zero attached hydrogens (tertiary/aromatic N) is 1. The van der Waals surface area contributed by atoms with Crippen LogP contribution in [0.1, 0.15) is 35.8 Å². The number of hydrogen-bond acceptors (Lipinski definition) is 4. The summed E-state index contributed by atoms with van der Waals surface area (Å²) in [6.07, 6.45) is 0. The van der Waals surface area contributed by atoms with Gasteiger partial charge in [-0.3, -0.25) is 4.79 Å². The summed E-state index contributed by atoms with van der Waals surface area (Å²) in [5.74, 6) is 1.08. The van der Waals surface area contributed by atoms with Crippen molar-refractivity contribution in [3.05, 3.63) is 47.7 Å². The Labute approximate surface area is 124 Å². The Morgan fingerprint density at radius 2 is 1.90 bits per heavy atom. The molecule has 2 aromatic rings. The van der Waals surface area contributed by atoms with E-state index in [4.69, 9.17) is 10.5 Å². The number of carbonyl (C=O) groups is 1. The number of rotatable bonds is 4. The van der Waals surface area contributed by atoms with Gasteiger partial charge in [0, 0.05) is 16.9 Å². The number of aromatic nitrogens is 1. The number of nitrogens with two attached hydrogens (primary N) is 1. The van der Waals surface area contributed by atoms with Crippen LogP contribution in [-0.4, -0.2) is 18.0 Å². The molecular formula is C16H19N3O2. The van der Waals surface area contributed by atoms with Crippen molar-refractivity contribution >= 4 is 17.4 Å². The number of anilines is 2. The Hall–Kier alpha value is -2.56. The van der Waals surface area contributed by atoms with E-state index in [1.807, 2.05) is 13.8 Å². The van der Waals surface area contributed by atoms with Gasteiger partial charge in [-0.05, 0) is 42.3 Å². The molecular weight excluding hydrogens is 266 g/mol. The molecule has 0 bridgehead atoms. The molecule has 0 unspecified atom stereocenters. The number of methoxy groups -OCH3 is 1. The molecule has 1 amide bonds. The minimum Gasteiger partial charge on any atom is -0.497 e. The summed E-state index contributed by atoms with van der Waals surface area (Å²) < 4.78 is 5.08. The van der Waals surface area contributed by atoms with Gasteiger partial charge in [0.1, 0.15) is 11.6 Å². The highest BCUT2D eigenvalue weighted by Gasteiger charge is 2.11. The van der Waals surface area contributed by atoms with Crippen LogP contribution >= 0.6 is 0 Å². The lowest BCUT2D eigenvalue weighted by Gasteiger charge is -2.10. The molecule has 0 aliphatic heterocycles. The molecule has 1 aromatic carbocycles. The lowest BCUT2D eigenvalue weighted by molar-refractivity contribution is 0.102. The average Bonchev–Trinajstić information content (AvgIpc) is 2.47. The van der Waals surface area contributed by atoms with E-state index in [1.165, 1.54) is 0 Å². The Morgan fingerprint density at radius 1 is 1.24 bits per heavy atom. The fourth-order valence-corrected chi connectivity index (χ4v) is 1.88. The van der Waals surface area contributed by atoms with Crippen molar-refractivity contribution in [1.29, 1.82) is 0 Å². The van der Waals surface area contributed by atoms with Gasteiger partial charge in [0.25, 0.3) is 5.91 Å². The van der Waals surface area contributed by atoms with Crippen molar-refractivity contribution in [3.63, 3.8) is 0 Å². The highest BCUT2D eigenvalue weighted by Crippen LogP contribution is 2.19. The molecule has 0 radical (unpaired) electrons. The van der Waals surface area contributed by atoms with Crippen LogP contribution in [0, 0.1) is 0 Å². The Morgan fingerprint density at radius 3 is 2.48 bits per heavy atom. The fraction of sp³-hybridized carbons (Fsp3) is 0.250. The number of ether oxygens (including phenoxy) is 1. The van der Waals surface area contributed by atoms with Crippen molar-refractivity contribution in [1.82, 2.24) is 4.98 Å². The quantitative estimate of drug-likeness (QED) is 0.905. The average molecular weight is 285 g/mol. The molecule has 5 heteroatoms. The van der Waals surface area contributed by atoms with Crippen LogP contribution in [0.15, 0.2) is 36.4 Å². The second kappa shape index (κ2) is 6.26. The number of amides is 1. The van der Waals surface area contributed by atoms with E-state index in [0.717, 1.165) is 11.4 Å². The molecule has 0 spiro atoms. The summed E-state index contributed by atoms with van der Waals surface area (Å²) in [7, 11) is 1.60. The number of pyridine rings is 1. The van der Waals surface area contributed by atoms with Crippen LogP contribution < -0.4 is 15.8 Å². The van der Waals surface area contributed by atoms with Gasteiger partial charge < -0.3 is 15.8 Å². The van der Waals surface area contributed by atoms with Gasteiger partial charge in [-0.25, -0.2) is 4.98 Å². The normalized spacial score (nSPS) is 10.5. The van der Waals surface area contributed by atoms with E-state index in [9.17, 15) is 4.79 Å². The van der Waals surface area contributed by atoms with Gasteiger partial charge in [-0.2, -0.15) is 0 Å². The third kappa shape index (κ3) is 3.72. The van der Waals surface area contributed by atoms with Crippen molar-refractivity contribution in [2.24, 2.45) is 0 Å². The Kier molecular flexibility index (Phi) is 4.42. The maximum atomic E-state index is 12.3. The molecule has 0 aliphatic rings. The van der Waals surface area contributed by atoms with Gasteiger partial charge in [0.05, 0.1) is 7.11 Å². The molecule has 3 N–H and O–H groups in total. The maximum Gasteiger partial charge on any atom is 0.255 e. The molecule has 0 aliphatic carbocycles. The standard InChI is InChI=1S/C16H19N3O2/c1-10(2)14-8-11(9-15(17)19-14)16(20)18-12-4-6-13(21-3)7-5-12/h4-10H,1-3H3,(H2,17,19)(H,18,20). The number of carbonyl (C=O) groups excluding carboxylic acids is 1. The van der Waals surface area contributed by atoms with E-state index in [-0.39, 0.29) is 11.8 Å². The van der Waals surface area contributed by atoms with E-state index < -0.39 is 0 Å². The molecule has 1 aromatic heterocycles. The Balaban J connectivity index is 2.19. The first-order valence-corrected chi connectivity index (χ1v) is 6.72. The highest BCUT2D eigenvalue weighted by molar-refractivity contribution is 6.04. The molecule has 2 rings (SSSR count). The van der Waals surface area contributed by atoms with Crippen LogP contribution in [0.4, 0.5) is 11.5 Å². The van der Waals surface area contributed by atoms with Gasteiger partial charge in [-0.15, -0.1) is 0 Å². The van der Waals surface area contributed by atoms with Crippen LogP contribution in [-0.2, 0) is 0 Å². The fourth-order valence-electron chi connectivity index (χ4n) is 1.88. The smallest absolute Gasteiger partial charge is 0.255 e. The number of benzene rings is 1. The van der Waals surface area contributed by atoms with Gasteiger partial charge in [0.2, 0.25) is 0 Å². The number of nitrogen functional groups attached to an aromatic ring is 1. The molecule has 0 saturated heterocycles. The van der Waals surface area contributed by atoms with Gasteiger partial charge in [-0.1, -0.05) is 13.8 Å². The summed E-state index contributed by atoms with van der Waals surface area (Å²) in [5.41, 5.74) is 7.76. The van der Waals surface area contributed by atoms with Crippen molar-refractivity contribution in [2.45, 2.75) is 19.8 Å². The third-order valence-corrected chi connectivity index (χ3v) is 3.07. The maximum absolute atomic E-state index is 12.3. The van der Waals surface area contributed by atoms with E-state index in [0.29, 0.717) is 17.1 Å². The minimum absolute atomic E-state index is 0.209. The van der Waals surface area contributed by atoms with E-state index >= 15 is 0 Å². The van der Waals surface area contributed by atoms with Gasteiger partial charge >= 0.3 is 0 Å². The van der Waals surface area contributed by atoms with Crippen LogP contribution in [0.3, 0.4) is 0 Å². The Bertz CT molecular complexity index is 636. The second-order valence-electron chi connectivity index (χ2n) is 5.04. The SMILES string of the molecule is COc1ccc(NC(=O)c2cc(N)nc(C(C)C)c2)cc1. The third-order valence-electron chi connectivity index (χ3n) is 3.07. The number of nitrogens with one attached hydrogen (secondary N) is 1. The first-order valence-electron chi connectivity index (χ1n) is 6.72. The largest absolute Gasteiger partial charge is 0.497 e. The lowest BCUT2D eigenvalue weighted by Crippen LogP contribution is -2.13. The predicted octanol–water partition coefficient (Wildman–Crippen LogP) is 3.05. The molecule has 0 atom stereocenters. The zero-order valence-electron chi connectivity index (χ0n) is 12.4. The zero-order valence-corrected chi connectivity index (χ0v) is 12.4. The van der Waals surface area contributed by atoms with Crippen molar-refractivity contribution < 1.29 is 9.53 Å². The first-order chi connectivity index (χ1) is 9.99. The zero-order chi connectivity index (χ0) is 15.4. The number of hydrogen-bond donors (Lipinski definition) is 2. The van der Waals surface area contributed by atoms with Crippen LogP contribution in [0.25, 0.3) is 0 Å². The molecule has 110 valence electrons. The lowest BCUT2D eigenvalue weighted by atomic mass is 10.1. The van der Waals surface area contributed by atoms with Gasteiger partial charge in [0.15, 0.2) is 0 Å². The van der Waals surface area contributed by atoms with Crippen LogP contribution in [0.5, 0.6) is 5.75 Å². The summed E-state index contributed by atoms with van der Waals surface area (Å²) in [4.78, 5) is 16.5. The summed E-state index contributed by atoms with van der Waals surface area (Å²) in [5, 5.41) is 2.83. The highest BCUT2D eigenvalue weighted by atomic mass is 16.5. The predicted molar refractivity (Wildman–Crippen MR) is 83.7 cm³/mol. The van der Waals surface area contributed by atoms with Crippen molar-refractivity contribution in [3.8, 4) is 5.75 Å².